The quantitative estimate of drug-likeness (QED) is 0.844. The summed E-state index contributed by atoms with van der Waals surface area (Å²) in [4.78, 5) is 8.81. The summed E-state index contributed by atoms with van der Waals surface area (Å²) in [6.07, 6.45) is 3.53. The van der Waals surface area contributed by atoms with Crippen molar-refractivity contribution < 1.29 is 0 Å². The van der Waals surface area contributed by atoms with Crippen molar-refractivity contribution in [2.75, 3.05) is 5.32 Å². The summed E-state index contributed by atoms with van der Waals surface area (Å²) in [7, 11) is 0. The predicted octanol–water partition coefficient (Wildman–Crippen LogP) is 3.69. The zero-order chi connectivity index (χ0) is 13.1. The fraction of sp³-hybridized carbons (Fsp3) is 0.333. The molecular formula is C15H16ClN3. The molecule has 19 heavy (non-hydrogen) atoms. The monoisotopic (exact) mass is 273 g/mol. The molecule has 0 spiro atoms. The number of benzene rings is 1. The summed E-state index contributed by atoms with van der Waals surface area (Å²) in [5, 5.41) is 3.82. The highest BCUT2D eigenvalue weighted by Gasteiger charge is 2.23. The number of hydrogen-bond acceptors (Lipinski definition) is 3. The molecule has 4 heteroatoms. The van der Waals surface area contributed by atoms with E-state index in [0.29, 0.717) is 5.15 Å². The third-order valence-corrected chi connectivity index (χ3v) is 3.42. The number of halogens is 1. The molecule has 1 fully saturated rings. The average molecular weight is 274 g/mol. The number of nitrogens with one attached hydrogen (secondary N) is 1. The zero-order valence-corrected chi connectivity index (χ0v) is 11.4. The Morgan fingerprint density at radius 2 is 1.95 bits per heavy atom. The summed E-state index contributed by atoms with van der Waals surface area (Å²) in [5.74, 6) is 2.42. The van der Waals surface area contributed by atoms with E-state index in [-0.39, 0.29) is 0 Å². The van der Waals surface area contributed by atoms with Crippen molar-refractivity contribution in [3.05, 3.63) is 52.9 Å². The number of rotatable bonds is 5. The van der Waals surface area contributed by atoms with Crippen LogP contribution in [0.25, 0.3) is 0 Å². The fourth-order valence-corrected chi connectivity index (χ4v) is 2.22. The van der Waals surface area contributed by atoms with Gasteiger partial charge in [-0.15, -0.1) is 0 Å². The molecular weight excluding hydrogens is 258 g/mol. The molecule has 1 aliphatic carbocycles. The van der Waals surface area contributed by atoms with Gasteiger partial charge in [-0.05, 0) is 24.3 Å². The molecule has 0 bridgehead atoms. The highest BCUT2D eigenvalue weighted by molar-refractivity contribution is 6.29. The van der Waals surface area contributed by atoms with Crippen molar-refractivity contribution in [3.8, 4) is 0 Å². The van der Waals surface area contributed by atoms with Crippen LogP contribution >= 0.6 is 11.6 Å². The Bertz CT molecular complexity index is 553. The Hall–Kier alpha value is -1.61. The number of anilines is 1. The fourth-order valence-electron chi connectivity index (χ4n) is 2.02. The lowest BCUT2D eigenvalue weighted by atomic mass is 10.2. The predicted molar refractivity (Wildman–Crippen MR) is 77.2 cm³/mol. The second-order valence-corrected chi connectivity index (χ2v) is 5.37. The molecule has 1 aliphatic rings. The second-order valence-electron chi connectivity index (χ2n) is 4.98. The minimum absolute atomic E-state index is 0.515. The van der Waals surface area contributed by atoms with E-state index in [1.54, 1.807) is 6.07 Å². The van der Waals surface area contributed by atoms with Crippen molar-refractivity contribution in [2.24, 2.45) is 5.92 Å². The maximum Gasteiger partial charge on any atom is 0.134 e. The van der Waals surface area contributed by atoms with Gasteiger partial charge >= 0.3 is 0 Å². The van der Waals surface area contributed by atoms with E-state index in [0.717, 1.165) is 30.5 Å². The van der Waals surface area contributed by atoms with Gasteiger partial charge < -0.3 is 5.32 Å². The molecule has 0 unspecified atom stereocenters. The Kier molecular flexibility index (Phi) is 3.65. The van der Waals surface area contributed by atoms with Gasteiger partial charge in [-0.3, -0.25) is 0 Å². The minimum atomic E-state index is 0.515. The molecule has 0 aliphatic heterocycles. The molecule has 1 N–H and O–H groups in total. The number of hydrogen-bond donors (Lipinski definition) is 1. The van der Waals surface area contributed by atoms with E-state index in [4.69, 9.17) is 11.6 Å². The first-order valence-electron chi connectivity index (χ1n) is 6.61. The van der Waals surface area contributed by atoms with Gasteiger partial charge in [0.15, 0.2) is 0 Å². The van der Waals surface area contributed by atoms with E-state index in [9.17, 15) is 0 Å². The summed E-state index contributed by atoms with van der Waals surface area (Å²) < 4.78 is 0. The van der Waals surface area contributed by atoms with Crippen LogP contribution in [-0.2, 0) is 13.0 Å². The lowest BCUT2D eigenvalue weighted by Crippen LogP contribution is -2.05. The van der Waals surface area contributed by atoms with Crippen LogP contribution in [0.2, 0.25) is 5.15 Å². The SMILES string of the molecule is Clc1cc(NCc2ccccc2)nc(CC2CC2)n1. The molecule has 2 aromatic rings. The Balaban J connectivity index is 1.67. The van der Waals surface area contributed by atoms with Crippen LogP contribution in [0.4, 0.5) is 5.82 Å². The van der Waals surface area contributed by atoms with Crippen LogP contribution in [0, 0.1) is 5.92 Å². The van der Waals surface area contributed by atoms with Crippen molar-refractivity contribution in [2.45, 2.75) is 25.8 Å². The third kappa shape index (κ3) is 3.67. The molecule has 0 atom stereocenters. The third-order valence-electron chi connectivity index (χ3n) is 3.23. The number of nitrogens with zero attached hydrogens (tertiary/aromatic N) is 2. The van der Waals surface area contributed by atoms with Gasteiger partial charge in [-0.25, -0.2) is 9.97 Å². The van der Waals surface area contributed by atoms with Crippen LogP contribution in [0.5, 0.6) is 0 Å². The van der Waals surface area contributed by atoms with Crippen LogP contribution < -0.4 is 5.32 Å². The molecule has 3 rings (SSSR count). The second kappa shape index (κ2) is 5.57. The molecule has 0 amide bonds. The average Bonchev–Trinajstić information content (AvgIpc) is 3.21. The van der Waals surface area contributed by atoms with E-state index in [1.807, 2.05) is 18.2 Å². The van der Waals surface area contributed by atoms with Crippen molar-refractivity contribution in [1.29, 1.82) is 0 Å². The van der Waals surface area contributed by atoms with Gasteiger partial charge in [0.05, 0.1) is 0 Å². The topological polar surface area (TPSA) is 37.8 Å². The van der Waals surface area contributed by atoms with E-state index >= 15 is 0 Å². The van der Waals surface area contributed by atoms with Crippen LogP contribution in [0.3, 0.4) is 0 Å². The molecule has 3 nitrogen and oxygen atoms in total. The summed E-state index contributed by atoms with van der Waals surface area (Å²) >= 11 is 6.04. The lowest BCUT2D eigenvalue weighted by molar-refractivity contribution is 0.770. The Morgan fingerprint density at radius 1 is 1.16 bits per heavy atom. The van der Waals surface area contributed by atoms with E-state index in [1.165, 1.54) is 18.4 Å². The molecule has 98 valence electrons. The maximum atomic E-state index is 6.04. The first-order valence-corrected chi connectivity index (χ1v) is 6.98. The normalized spacial score (nSPS) is 14.4. The standard InChI is InChI=1S/C15H16ClN3/c16-13-9-14(17-10-12-4-2-1-3-5-12)19-15(18-13)8-11-6-7-11/h1-5,9,11H,6-8,10H2,(H,17,18,19). The molecule has 1 aromatic carbocycles. The van der Waals surface area contributed by atoms with Gasteiger partial charge in [0.1, 0.15) is 16.8 Å². The molecule has 1 heterocycles. The minimum Gasteiger partial charge on any atom is -0.366 e. The zero-order valence-electron chi connectivity index (χ0n) is 10.6. The summed E-state index contributed by atoms with van der Waals surface area (Å²) in [6, 6.07) is 12.0. The highest BCUT2D eigenvalue weighted by Crippen LogP contribution is 2.32. The van der Waals surface area contributed by atoms with Crippen molar-refractivity contribution in [1.82, 2.24) is 9.97 Å². The molecule has 1 saturated carbocycles. The maximum absolute atomic E-state index is 6.04. The molecule has 0 saturated heterocycles. The van der Waals surface area contributed by atoms with Crippen molar-refractivity contribution in [3.63, 3.8) is 0 Å². The van der Waals surface area contributed by atoms with E-state index < -0.39 is 0 Å². The smallest absolute Gasteiger partial charge is 0.134 e. The summed E-state index contributed by atoms with van der Waals surface area (Å²) in [6.45, 7) is 0.747. The van der Waals surface area contributed by atoms with Crippen LogP contribution in [0.1, 0.15) is 24.2 Å². The Morgan fingerprint density at radius 3 is 2.68 bits per heavy atom. The van der Waals surface area contributed by atoms with Crippen LogP contribution in [0.15, 0.2) is 36.4 Å². The van der Waals surface area contributed by atoms with Gasteiger partial charge in [0, 0.05) is 19.0 Å². The van der Waals surface area contributed by atoms with Crippen molar-refractivity contribution >= 4 is 17.4 Å². The van der Waals surface area contributed by atoms with E-state index in [2.05, 4.69) is 27.4 Å². The lowest BCUT2D eigenvalue weighted by Gasteiger charge is -2.08. The van der Waals surface area contributed by atoms with Gasteiger partial charge in [0.2, 0.25) is 0 Å². The highest BCUT2D eigenvalue weighted by atomic mass is 35.5. The summed E-state index contributed by atoms with van der Waals surface area (Å²) in [5.41, 5.74) is 1.22. The first kappa shape index (κ1) is 12.4. The van der Waals surface area contributed by atoms with Gasteiger partial charge in [-0.1, -0.05) is 41.9 Å². The molecule has 0 radical (unpaired) electrons. The first-order chi connectivity index (χ1) is 9.29. The molecule has 1 aromatic heterocycles. The van der Waals surface area contributed by atoms with Gasteiger partial charge in [0.25, 0.3) is 0 Å². The van der Waals surface area contributed by atoms with Crippen LogP contribution in [-0.4, -0.2) is 9.97 Å². The largest absolute Gasteiger partial charge is 0.366 e. The number of aromatic nitrogens is 2. The van der Waals surface area contributed by atoms with Gasteiger partial charge in [-0.2, -0.15) is 0 Å². The Labute approximate surface area is 118 Å².